The topological polar surface area (TPSA) is 117 Å². The van der Waals surface area contributed by atoms with E-state index in [0.717, 1.165) is 72.7 Å². The second kappa shape index (κ2) is 13.1. The molecule has 10 heteroatoms. The third kappa shape index (κ3) is 6.72. The minimum absolute atomic E-state index is 0.137. The monoisotopic (exact) mass is 621 g/mol. The zero-order chi connectivity index (χ0) is 32.4. The number of benzene rings is 1. The van der Waals surface area contributed by atoms with Crippen molar-refractivity contribution in [2.45, 2.75) is 79.6 Å². The molecule has 3 aromatic heterocycles. The molecule has 0 atom stereocenters. The Hall–Kier alpha value is -4.44. The van der Waals surface area contributed by atoms with Crippen LogP contribution in [0.15, 0.2) is 49.1 Å². The lowest BCUT2D eigenvalue weighted by molar-refractivity contribution is -0.146. The van der Waals surface area contributed by atoms with Crippen molar-refractivity contribution in [3.8, 4) is 22.5 Å². The second-order valence-corrected chi connectivity index (χ2v) is 13.4. The fraction of sp³-hybridized carbons (Fsp3) is 0.444. The third-order valence-corrected chi connectivity index (χ3v) is 9.08. The van der Waals surface area contributed by atoms with Gasteiger partial charge in [-0.3, -0.25) is 19.7 Å². The number of aliphatic hydroxyl groups excluding tert-OH is 1. The average Bonchev–Trinajstić information content (AvgIpc) is 3.05. The lowest BCUT2D eigenvalue weighted by atomic mass is 9.81. The number of fused-ring (bicyclic) bond motifs is 1. The molecule has 1 N–H and O–H groups in total. The maximum atomic E-state index is 13.0. The molecule has 2 aliphatic heterocycles. The Morgan fingerprint density at radius 2 is 1.78 bits per heavy atom. The van der Waals surface area contributed by atoms with Gasteiger partial charge in [0, 0.05) is 61.6 Å². The Morgan fingerprint density at radius 3 is 2.50 bits per heavy atom. The van der Waals surface area contributed by atoms with Gasteiger partial charge in [0.1, 0.15) is 5.69 Å². The molecule has 0 saturated carbocycles. The first-order valence-corrected chi connectivity index (χ1v) is 16.2. The molecular weight excluding hydrogens is 578 g/mol. The standard InChI is InChI=1S/C36H43N7O3/c1-23(2)46-32(45)19-28-24(3)40-31(22-44)33(34(28)42-16-10-36(4,5)11-17-42)26-6-7-27-21-43(15-9-25(27)18-26)35-39-12-8-29(41-35)30-20-37-13-14-38-30/h6-8,12-14,18,20,23,44H,9-11,15-17,19,21-22H2,1-5H3. The predicted molar refractivity (Wildman–Crippen MR) is 178 cm³/mol. The minimum Gasteiger partial charge on any atom is -0.463 e. The number of aliphatic hydroxyl groups is 1. The van der Waals surface area contributed by atoms with Crippen LogP contribution in [0.3, 0.4) is 0 Å². The van der Waals surface area contributed by atoms with Crippen LogP contribution in [-0.2, 0) is 35.5 Å². The van der Waals surface area contributed by atoms with Crippen molar-refractivity contribution in [3.63, 3.8) is 0 Å². The molecule has 0 aliphatic carbocycles. The molecule has 0 unspecified atom stereocenters. The maximum absolute atomic E-state index is 13.0. The number of rotatable bonds is 8. The van der Waals surface area contributed by atoms with Gasteiger partial charge in [0.2, 0.25) is 5.95 Å². The highest BCUT2D eigenvalue weighted by molar-refractivity contribution is 5.87. The van der Waals surface area contributed by atoms with E-state index in [2.05, 4.69) is 56.8 Å². The van der Waals surface area contributed by atoms with E-state index in [9.17, 15) is 9.90 Å². The van der Waals surface area contributed by atoms with Crippen molar-refractivity contribution in [1.82, 2.24) is 24.9 Å². The van der Waals surface area contributed by atoms with Gasteiger partial charge in [-0.05, 0) is 68.2 Å². The summed E-state index contributed by atoms with van der Waals surface area (Å²) in [7, 11) is 0. The smallest absolute Gasteiger partial charge is 0.310 e. The Balaban J connectivity index is 1.36. The van der Waals surface area contributed by atoms with Gasteiger partial charge in [-0.1, -0.05) is 32.0 Å². The lowest BCUT2D eigenvalue weighted by Gasteiger charge is -2.40. The summed E-state index contributed by atoms with van der Waals surface area (Å²) in [6.07, 6.45) is 9.62. The van der Waals surface area contributed by atoms with Crippen LogP contribution in [0.1, 0.15) is 68.6 Å². The molecule has 6 rings (SSSR count). The summed E-state index contributed by atoms with van der Waals surface area (Å²) in [5.41, 5.74) is 9.33. The Labute approximate surface area is 270 Å². The first-order chi connectivity index (χ1) is 22.1. The first-order valence-electron chi connectivity index (χ1n) is 16.2. The molecule has 0 amide bonds. The number of anilines is 2. The maximum Gasteiger partial charge on any atom is 0.310 e. The van der Waals surface area contributed by atoms with Gasteiger partial charge in [0.25, 0.3) is 0 Å². The number of aryl methyl sites for hydroxylation is 1. The van der Waals surface area contributed by atoms with Crippen molar-refractivity contribution >= 4 is 17.6 Å². The van der Waals surface area contributed by atoms with Crippen LogP contribution >= 0.6 is 0 Å². The van der Waals surface area contributed by atoms with E-state index in [0.29, 0.717) is 23.9 Å². The number of ether oxygens (including phenoxy) is 1. The molecule has 46 heavy (non-hydrogen) atoms. The number of carbonyl (C=O) groups is 1. The number of carbonyl (C=O) groups excluding carboxylic acids is 1. The summed E-state index contributed by atoms with van der Waals surface area (Å²) in [5.74, 6) is 0.397. The zero-order valence-corrected chi connectivity index (χ0v) is 27.5. The molecule has 0 bridgehead atoms. The number of pyridine rings is 1. The summed E-state index contributed by atoms with van der Waals surface area (Å²) in [6.45, 7) is 13.3. The average molecular weight is 622 g/mol. The molecular formula is C36H43N7O3. The molecule has 2 aliphatic rings. The lowest BCUT2D eigenvalue weighted by Crippen LogP contribution is -2.38. The zero-order valence-electron chi connectivity index (χ0n) is 27.5. The number of nitrogens with zero attached hydrogens (tertiary/aromatic N) is 7. The summed E-state index contributed by atoms with van der Waals surface area (Å²) >= 11 is 0. The van der Waals surface area contributed by atoms with Gasteiger partial charge in [-0.15, -0.1) is 0 Å². The molecule has 4 aromatic rings. The molecule has 0 spiro atoms. The van der Waals surface area contributed by atoms with Crippen molar-refractivity contribution in [2.75, 3.05) is 29.4 Å². The van der Waals surface area contributed by atoms with E-state index < -0.39 is 0 Å². The first kappa shape index (κ1) is 31.5. The molecule has 5 heterocycles. The van der Waals surface area contributed by atoms with Crippen molar-refractivity contribution in [2.24, 2.45) is 5.41 Å². The van der Waals surface area contributed by atoms with Crippen LogP contribution in [-0.4, -0.2) is 61.7 Å². The van der Waals surface area contributed by atoms with E-state index >= 15 is 0 Å². The van der Waals surface area contributed by atoms with Crippen LogP contribution < -0.4 is 9.80 Å². The number of aromatic nitrogens is 5. The van der Waals surface area contributed by atoms with E-state index in [1.807, 2.05) is 26.8 Å². The summed E-state index contributed by atoms with van der Waals surface area (Å²) < 4.78 is 5.58. The van der Waals surface area contributed by atoms with Gasteiger partial charge in [-0.25, -0.2) is 9.97 Å². The molecule has 1 fully saturated rings. The highest BCUT2D eigenvalue weighted by atomic mass is 16.5. The van der Waals surface area contributed by atoms with Gasteiger partial charge < -0.3 is 19.6 Å². The van der Waals surface area contributed by atoms with E-state index in [1.54, 1.807) is 24.8 Å². The van der Waals surface area contributed by atoms with Crippen molar-refractivity contribution in [3.05, 3.63) is 77.1 Å². The van der Waals surface area contributed by atoms with E-state index in [1.165, 1.54) is 11.1 Å². The third-order valence-electron chi connectivity index (χ3n) is 9.08. The second-order valence-electron chi connectivity index (χ2n) is 13.4. The van der Waals surface area contributed by atoms with Crippen LogP contribution in [0.2, 0.25) is 0 Å². The fourth-order valence-electron chi connectivity index (χ4n) is 6.50. The Bertz CT molecular complexity index is 1710. The molecule has 10 nitrogen and oxygen atoms in total. The number of esters is 1. The van der Waals surface area contributed by atoms with Gasteiger partial charge in [0.15, 0.2) is 0 Å². The van der Waals surface area contributed by atoms with Gasteiger partial charge >= 0.3 is 5.97 Å². The molecule has 240 valence electrons. The van der Waals surface area contributed by atoms with Gasteiger partial charge in [0.05, 0.1) is 42.4 Å². The predicted octanol–water partition coefficient (Wildman–Crippen LogP) is 5.48. The highest BCUT2D eigenvalue weighted by Crippen LogP contribution is 2.42. The number of hydrogen-bond donors (Lipinski definition) is 1. The van der Waals surface area contributed by atoms with Crippen molar-refractivity contribution < 1.29 is 14.6 Å². The van der Waals surface area contributed by atoms with Crippen LogP contribution in [0, 0.1) is 12.3 Å². The van der Waals surface area contributed by atoms with Crippen LogP contribution in [0.5, 0.6) is 0 Å². The summed E-state index contributed by atoms with van der Waals surface area (Å²) in [5, 5.41) is 10.6. The normalized spacial score (nSPS) is 16.0. The highest BCUT2D eigenvalue weighted by Gasteiger charge is 2.31. The summed E-state index contributed by atoms with van der Waals surface area (Å²) in [6, 6.07) is 8.38. The Morgan fingerprint density at radius 1 is 0.978 bits per heavy atom. The molecule has 1 saturated heterocycles. The SMILES string of the molecule is Cc1nc(CO)c(-c2ccc3c(c2)CCN(c2nccc(-c4cnccn4)n2)C3)c(N2CCC(C)(C)CC2)c1CC(=O)OC(C)C. The largest absolute Gasteiger partial charge is 0.463 e. The van der Waals surface area contributed by atoms with Crippen LogP contribution in [0.4, 0.5) is 11.6 Å². The summed E-state index contributed by atoms with van der Waals surface area (Å²) in [4.78, 5) is 40.4. The van der Waals surface area contributed by atoms with E-state index in [-0.39, 0.29) is 30.5 Å². The Kier molecular flexibility index (Phi) is 8.99. The van der Waals surface area contributed by atoms with E-state index in [4.69, 9.17) is 14.7 Å². The van der Waals surface area contributed by atoms with Gasteiger partial charge in [-0.2, -0.15) is 0 Å². The van der Waals surface area contributed by atoms with Crippen molar-refractivity contribution in [1.29, 1.82) is 0 Å². The van der Waals surface area contributed by atoms with Crippen LogP contribution in [0.25, 0.3) is 22.5 Å². The molecule has 1 aromatic carbocycles. The minimum atomic E-state index is -0.266. The number of hydrogen-bond acceptors (Lipinski definition) is 10. The number of piperidine rings is 1. The fourth-order valence-corrected chi connectivity index (χ4v) is 6.50. The quantitative estimate of drug-likeness (QED) is 0.254. The molecule has 0 radical (unpaired) electrons.